The molecule has 0 unspecified atom stereocenters. The second-order valence-corrected chi connectivity index (χ2v) is 5.07. The van der Waals surface area contributed by atoms with Crippen molar-refractivity contribution < 1.29 is 12.6 Å². The largest absolute Gasteiger partial charge is 0.360 e. The zero-order valence-electron chi connectivity index (χ0n) is 7.20. The van der Waals surface area contributed by atoms with Gasteiger partial charge in [-0.2, -0.15) is 8.42 Å². The fourth-order valence-corrected chi connectivity index (χ4v) is 1.60. The molecule has 0 aliphatic carbocycles. The Morgan fingerprint density at radius 3 is 2.64 bits per heavy atom. The number of aromatic nitrogens is 1. The van der Waals surface area contributed by atoms with Crippen LogP contribution in [0.1, 0.15) is 6.92 Å². The predicted molar refractivity (Wildman–Crippen MR) is 54.3 cm³/mol. The van der Waals surface area contributed by atoms with E-state index < -0.39 is 10.1 Å². The summed E-state index contributed by atoms with van der Waals surface area (Å²) in [6, 6.07) is 1.36. The number of hydrogen-bond acceptors (Lipinski definition) is 4. The van der Waals surface area contributed by atoms with Crippen molar-refractivity contribution in [1.29, 1.82) is 0 Å². The van der Waals surface area contributed by atoms with Crippen LogP contribution in [0, 0.1) is 0 Å². The molecule has 0 bridgehead atoms. The van der Waals surface area contributed by atoms with E-state index in [0.717, 1.165) is 0 Å². The highest BCUT2D eigenvalue weighted by atomic mass is 35.5. The van der Waals surface area contributed by atoms with Crippen molar-refractivity contribution in [3.63, 3.8) is 0 Å². The summed E-state index contributed by atoms with van der Waals surface area (Å²) >= 11 is 11.2. The van der Waals surface area contributed by atoms with Crippen molar-refractivity contribution in [2.45, 2.75) is 6.92 Å². The Morgan fingerprint density at radius 1 is 1.50 bits per heavy atom. The molecule has 0 N–H and O–H groups in total. The van der Waals surface area contributed by atoms with E-state index in [2.05, 4.69) is 9.17 Å². The number of nitrogens with zero attached hydrogens (tertiary/aromatic N) is 1. The molecular weight excluding hydrogens is 249 g/mol. The lowest BCUT2D eigenvalue weighted by Gasteiger charge is -2.04. The summed E-state index contributed by atoms with van der Waals surface area (Å²) in [5, 5.41) is 0.380. The van der Waals surface area contributed by atoms with E-state index in [4.69, 9.17) is 23.2 Å². The first kappa shape index (κ1) is 11.6. The molecule has 1 aromatic heterocycles. The van der Waals surface area contributed by atoms with E-state index in [-0.39, 0.29) is 16.7 Å². The lowest BCUT2D eigenvalue weighted by molar-refractivity contribution is 0.477. The van der Waals surface area contributed by atoms with Gasteiger partial charge in [-0.1, -0.05) is 23.2 Å². The minimum atomic E-state index is -3.60. The van der Waals surface area contributed by atoms with Crippen molar-refractivity contribution in [3.8, 4) is 5.88 Å². The number of halogens is 2. The van der Waals surface area contributed by atoms with Gasteiger partial charge in [0.15, 0.2) is 0 Å². The van der Waals surface area contributed by atoms with Crippen LogP contribution in [0.15, 0.2) is 12.3 Å². The molecule has 7 heteroatoms. The van der Waals surface area contributed by atoms with Gasteiger partial charge in [0.25, 0.3) is 5.88 Å². The second kappa shape index (κ2) is 4.33. The van der Waals surface area contributed by atoms with Gasteiger partial charge in [0.05, 0.1) is 10.8 Å². The molecule has 1 heterocycles. The Hall–Kier alpha value is -0.520. The Balaban J connectivity index is 2.99. The standard InChI is InChI=1S/C7H7Cl2NO3S/c1-2-14(11,12)13-7-6(9)3-5(8)4-10-7/h3-4H,2H2,1H3. The van der Waals surface area contributed by atoms with Crippen molar-refractivity contribution in [2.75, 3.05) is 5.75 Å². The minimum absolute atomic E-state index is 0.0644. The van der Waals surface area contributed by atoms with Gasteiger partial charge in [-0.25, -0.2) is 4.98 Å². The fourth-order valence-electron chi connectivity index (χ4n) is 0.643. The van der Waals surface area contributed by atoms with Gasteiger partial charge < -0.3 is 4.18 Å². The molecule has 78 valence electrons. The SMILES string of the molecule is CCS(=O)(=O)Oc1ncc(Cl)cc1Cl. The third-order valence-corrected chi connectivity index (χ3v) is 2.93. The molecule has 14 heavy (non-hydrogen) atoms. The van der Waals surface area contributed by atoms with Crippen LogP contribution in [0.25, 0.3) is 0 Å². The molecule has 4 nitrogen and oxygen atoms in total. The number of pyridine rings is 1. The Kier molecular flexibility index (Phi) is 3.58. The molecule has 0 atom stereocenters. The molecular formula is C7H7Cl2NO3S. The quantitative estimate of drug-likeness (QED) is 0.777. The average Bonchev–Trinajstić information content (AvgIpc) is 2.10. The van der Waals surface area contributed by atoms with Crippen LogP contribution in [-0.2, 0) is 10.1 Å². The third-order valence-electron chi connectivity index (χ3n) is 1.33. The van der Waals surface area contributed by atoms with Crippen LogP contribution < -0.4 is 4.18 Å². The minimum Gasteiger partial charge on any atom is -0.360 e. The zero-order chi connectivity index (χ0) is 10.8. The summed E-state index contributed by atoms with van der Waals surface area (Å²) in [6.45, 7) is 1.46. The normalized spacial score (nSPS) is 11.4. The maximum absolute atomic E-state index is 11.1. The Bertz CT molecular complexity index is 433. The first-order valence-corrected chi connectivity index (χ1v) is 6.01. The molecule has 0 aliphatic rings. The van der Waals surface area contributed by atoms with Crippen molar-refractivity contribution in [1.82, 2.24) is 4.98 Å². The lowest BCUT2D eigenvalue weighted by Crippen LogP contribution is -2.12. The highest BCUT2D eigenvalue weighted by Gasteiger charge is 2.13. The lowest BCUT2D eigenvalue weighted by atomic mass is 10.5. The van der Waals surface area contributed by atoms with E-state index in [1.807, 2.05) is 0 Å². The molecule has 0 radical (unpaired) electrons. The Labute approximate surface area is 91.9 Å². The van der Waals surface area contributed by atoms with E-state index in [1.165, 1.54) is 19.2 Å². The van der Waals surface area contributed by atoms with Crippen LogP contribution in [0.5, 0.6) is 5.88 Å². The molecule has 1 aromatic rings. The first-order chi connectivity index (χ1) is 6.44. The molecule has 0 aromatic carbocycles. The maximum atomic E-state index is 11.1. The number of rotatable bonds is 3. The van der Waals surface area contributed by atoms with Crippen LogP contribution >= 0.6 is 23.2 Å². The van der Waals surface area contributed by atoms with Gasteiger partial charge >= 0.3 is 10.1 Å². The van der Waals surface area contributed by atoms with Crippen molar-refractivity contribution >= 4 is 33.3 Å². The zero-order valence-corrected chi connectivity index (χ0v) is 9.53. The van der Waals surface area contributed by atoms with E-state index >= 15 is 0 Å². The highest BCUT2D eigenvalue weighted by molar-refractivity contribution is 7.87. The topological polar surface area (TPSA) is 56.3 Å². The average molecular weight is 256 g/mol. The van der Waals surface area contributed by atoms with E-state index in [9.17, 15) is 8.42 Å². The van der Waals surface area contributed by atoms with Crippen LogP contribution in [0.4, 0.5) is 0 Å². The fraction of sp³-hybridized carbons (Fsp3) is 0.286. The van der Waals surface area contributed by atoms with Gasteiger partial charge in [-0.15, -0.1) is 0 Å². The maximum Gasteiger partial charge on any atom is 0.310 e. The van der Waals surface area contributed by atoms with Gasteiger partial charge in [0.1, 0.15) is 5.02 Å². The molecule has 1 rings (SSSR count). The smallest absolute Gasteiger partial charge is 0.310 e. The monoisotopic (exact) mass is 255 g/mol. The molecule has 0 saturated carbocycles. The highest BCUT2D eigenvalue weighted by Crippen LogP contribution is 2.25. The summed E-state index contributed by atoms with van der Waals surface area (Å²) in [6.07, 6.45) is 1.26. The summed E-state index contributed by atoms with van der Waals surface area (Å²) in [7, 11) is -3.60. The first-order valence-electron chi connectivity index (χ1n) is 3.68. The predicted octanol–water partition coefficient (Wildman–Crippen LogP) is 2.12. The second-order valence-electron chi connectivity index (χ2n) is 2.37. The summed E-state index contributed by atoms with van der Waals surface area (Å²) in [5.74, 6) is -0.300. The summed E-state index contributed by atoms with van der Waals surface area (Å²) < 4.78 is 26.7. The molecule has 0 fully saturated rings. The number of hydrogen-bond donors (Lipinski definition) is 0. The van der Waals surface area contributed by atoms with Gasteiger partial charge in [-0.05, 0) is 13.0 Å². The summed E-state index contributed by atoms with van der Waals surface area (Å²) in [4.78, 5) is 3.65. The van der Waals surface area contributed by atoms with Crippen LogP contribution in [0.2, 0.25) is 10.0 Å². The molecule has 0 amide bonds. The van der Waals surface area contributed by atoms with Crippen molar-refractivity contribution in [2.24, 2.45) is 0 Å². The van der Waals surface area contributed by atoms with Crippen LogP contribution in [0.3, 0.4) is 0 Å². The molecule has 0 spiro atoms. The van der Waals surface area contributed by atoms with E-state index in [0.29, 0.717) is 5.02 Å². The molecule has 0 aliphatic heterocycles. The molecule has 0 saturated heterocycles. The van der Waals surface area contributed by atoms with Crippen LogP contribution in [-0.4, -0.2) is 19.2 Å². The van der Waals surface area contributed by atoms with Gasteiger partial charge in [-0.3, -0.25) is 0 Å². The summed E-state index contributed by atoms with van der Waals surface area (Å²) in [5.41, 5.74) is 0. The Morgan fingerprint density at radius 2 is 2.14 bits per heavy atom. The third kappa shape index (κ3) is 3.01. The van der Waals surface area contributed by atoms with Gasteiger partial charge in [0, 0.05) is 6.20 Å². The van der Waals surface area contributed by atoms with E-state index in [1.54, 1.807) is 0 Å². The van der Waals surface area contributed by atoms with Gasteiger partial charge in [0.2, 0.25) is 0 Å². The van der Waals surface area contributed by atoms with Crippen molar-refractivity contribution in [3.05, 3.63) is 22.3 Å².